The zero-order valence-corrected chi connectivity index (χ0v) is 21.5. The average molecular weight is 515 g/mol. The van der Waals surface area contributed by atoms with Crippen LogP contribution in [0.1, 0.15) is 36.1 Å². The smallest absolute Gasteiger partial charge is 0.301 e. The highest BCUT2D eigenvalue weighted by Crippen LogP contribution is 2.44. The number of nitrogens with zero attached hydrogens (tertiary/aromatic N) is 2. The molecule has 2 heterocycles. The molecule has 3 aromatic carbocycles. The van der Waals surface area contributed by atoms with Crippen LogP contribution in [0.25, 0.3) is 16.0 Å². The van der Waals surface area contributed by atoms with E-state index >= 15 is 0 Å². The van der Waals surface area contributed by atoms with Crippen molar-refractivity contribution in [1.82, 2.24) is 4.98 Å². The van der Waals surface area contributed by atoms with E-state index in [0.29, 0.717) is 39.9 Å². The lowest BCUT2D eigenvalue weighted by molar-refractivity contribution is -0.132. The summed E-state index contributed by atoms with van der Waals surface area (Å²) in [5, 5.41) is 11.7. The second-order valence-corrected chi connectivity index (χ2v) is 9.79. The SMILES string of the molecule is CCCOc1ccc(C(O)=C2C(=O)C(=O)N(c3nc4ccc(OC)cc4s3)C2c2ccc(C)cc2)cc1. The average Bonchev–Trinajstić information content (AvgIpc) is 3.45. The van der Waals surface area contributed by atoms with Gasteiger partial charge in [0, 0.05) is 5.56 Å². The zero-order chi connectivity index (χ0) is 26.1. The van der Waals surface area contributed by atoms with Gasteiger partial charge in [-0.25, -0.2) is 4.98 Å². The number of aryl methyl sites for hydroxylation is 1. The molecule has 1 N–H and O–H groups in total. The van der Waals surface area contributed by atoms with E-state index in [4.69, 9.17) is 9.47 Å². The molecule has 0 aliphatic carbocycles. The highest BCUT2D eigenvalue weighted by atomic mass is 32.1. The predicted octanol–water partition coefficient (Wildman–Crippen LogP) is 6.03. The Balaban J connectivity index is 1.64. The molecular weight excluding hydrogens is 488 g/mol. The number of ether oxygens (including phenoxy) is 2. The number of amides is 1. The molecule has 0 saturated carbocycles. The van der Waals surface area contributed by atoms with E-state index in [-0.39, 0.29) is 11.3 Å². The van der Waals surface area contributed by atoms with Crippen LogP contribution < -0.4 is 14.4 Å². The normalized spacial score (nSPS) is 16.9. The van der Waals surface area contributed by atoms with Crippen LogP contribution in [0.5, 0.6) is 11.5 Å². The van der Waals surface area contributed by atoms with E-state index in [1.807, 2.05) is 50.2 Å². The molecule has 1 aromatic heterocycles. The van der Waals surface area contributed by atoms with Crippen molar-refractivity contribution in [2.45, 2.75) is 26.3 Å². The summed E-state index contributed by atoms with van der Waals surface area (Å²) in [6.45, 7) is 4.56. The molecule has 37 heavy (non-hydrogen) atoms. The van der Waals surface area contributed by atoms with Gasteiger partial charge < -0.3 is 14.6 Å². The van der Waals surface area contributed by atoms with Crippen molar-refractivity contribution < 1.29 is 24.2 Å². The van der Waals surface area contributed by atoms with E-state index < -0.39 is 17.7 Å². The zero-order valence-electron chi connectivity index (χ0n) is 20.7. The van der Waals surface area contributed by atoms with Gasteiger partial charge in [-0.3, -0.25) is 14.5 Å². The molecule has 7 nitrogen and oxygen atoms in total. The number of fused-ring (bicyclic) bond motifs is 1. The largest absolute Gasteiger partial charge is 0.507 e. The summed E-state index contributed by atoms with van der Waals surface area (Å²) >= 11 is 1.29. The summed E-state index contributed by atoms with van der Waals surface area (Å²) in [5.41, 5.74) is 2.87. The van der Waals surface area contributed by atoms with Crippen LogP contribution in [-0.2, 0) is 9.59 Å². The van der Waals surface area contributed by atoms with Gasteiger partial charge in [-0.1, -0.05) is 48.1 Å². The Morgan fingerprint density at radius 1 is 1.03 bits per heavy atom. The van der Waals surface area contributed by atoms with Crippen LogP contribution in [0.4, 0.5) is 5.13 Å². The van der Waals surface area contributed by atoms with E-state index in [1.165, 1.54) is 16.2 Å². The molecule has 0 spiro atoms. The van der Waals surface area contributed by atoms with E-state index in [0.717, 1.165) is 16.7 Å². The Kier molecular flexibility index (Phi) is 6.67. The Morgan fingerprint density at radius 2 is 1.73 bits per heavy atom. The Hall–Kier alpha value is -4.17. The number of rotatable bonds is 7. The number of carbonyl (C=O) groups excluding carboxylic acids is 2. The van der Waals surface area contributed by atoms with Crippen molar-refractivity contribution >= 4 is 44.1 Å². The second kappa shape index (κ2) is 10.1. The highest BCUT2D eigenvalue weighted by molar-refractivity contribution is 7.22. The maximum atomic E-state index is 13.4. The van der Waals surface area contributed by atoms with Crippen LogP contribution >= 0.6 is 11.3 Å². The number of thiazole rings is 1. The lowest BCUT2D eigenvalue weighted by Gasteiger charge is -2.23. The van der Waals surface area contributed by atoms with Crippen LogP contribution in [0.15, 0.2) is 72.3 Å². The van der Waals surface area contributed by atoms with Crippen molar-refractivity contribution in [3.05, 3.63) is 89.0 Å². The van der Waals surface area contributed by atoms with Crippen LogP contribution in [0.3, 0.4) is 0 Å². The first-order valence-corrected chi connectivity index (χ1v) is 12.8. The van der Waals surface area contributed by atoms with Gasteiger partial charge in [0.1, 0.15) is 17.3 Å². The van der Waals surface area contributed by atoms with E-state index in [9.17, 15) is 14.7 Å². The molecule has 8 heteroatoms. The predicted molar refractivity (Wildman–Crippen MR) is 144 cm³/mol. The van der Waals surface area contributed by atoms with Gasteiger partial charge in [0.05, 0.1) is 35.5 Å². The first-order valence-electron chi connectivity index (χ1n) is 12.0. The number of methoxy groups -OCH3 is 1. The molecule has 4 aromatic rings. The third-order valence-corrected chi connectivity index (χ3v) is 7.25. The molecular formula is C29H26N2O5S. The van der Waals surface area contributed by atoms with Gasteiger partial charge in [0.15, 0.2) is 5.13 Å². The fourth-order valence-electron chi connectivity index (χ4n) is 4.30. The minimum Gasteiger partial charge on any atom is -0.507 e. The van der Waals surface area contributed by atoms with E-state index in [2.05, 4.69) is 4.98 Å². The summed E-state index contributed by atoms with van der Waals surface area (Å²) in [7, 11) is 1.58. The Morgan fingerprint density at radius 3 is 2.41 bits per heavy atom. The van der Waals surface area contributed by atoms with Gasteiger partial charge in [-0.05, 0) is 61.4 Å². The number of carbonyl (C=O) groups is 2. The van der Waals surface area contributed by atoms with Gasteiger partial charge >= 0.3 is 5.91 Å². The van der Waals surface area contributed by atoms with Crippen LogP contribution in [-0.4, -0.2) is 35.5 Å². The number of anilines is 1. The topological polar surface area (TPSA) is 89.0 Å². The van der Waals surface area contributed by atoms with Crippen LogP contribution in [0, 0.1) is 6.92 Å². The number of ketones is 1. The molecule has 188 valence electrons. The quantitative estimate of drug-likeness (QED) is 0.184. The van der Waals surface area contributed by atoms with Gasteiger partial charge in [0.2, 0.25) is 0 Å². The molecule has 0 radical (unpaired) electrons. The molecule has 0 bridgehead atoms. The van der Waals surface area contributed by atoms with Crippen molar-refractivity contribution in [2.24, 2.45) is 0 Å². The standard InChI is InChI=1S/C29H26N2O5S/c1-4-15-36-20-11-9-19(10-12-20)26(32)24-25(18-7-5-17(2)6-8-18)31(28(34)27(24)33)29-30-22-14-13-21(35-3)16-23(22)37-29/h5-14,16,25,32H,4,15H2,1-3H3. The summed E-state index contributed by atoms with van der Waals surface area (Å²) < 4.78 is 11.8. The second-order valence-electron chi connectivity index (χ2n) is 8.78. The lowest BCUT2D eigenvalue weighted by atomic mass is 9.95. The molecule has 1 aliphatic rings. The maximum Gasteiger partial charge on any atom is 0.301 e. The molecule has 1 saturated heterocycles. The number of aliphatic hydroxyl groups is 1. The number of aromatic nitrogens is 1. The van der Waals surface area contributed by atoms with Gasteiger partial charge in [-0.15, -0.1) is 0 Å². The third kappa shape index (κ3) is 4.56. The summed E-state index contributed by atoms with van der Waals surface area (Å²) in [5.74, 6) is -0.395. The summed E-state index contributed by atoms with van der Waals surface area (Å²) in [4.78, 5) is 32.9. The maximum absolute atomic E-state index is 13.4. The molecule has 1 atom stereocenters. The molecule has 1 fully saturated rings. The first-order chi connectivity index (χ1) is 17.9. The molecule has 1 unspecified atom stereocenters. The number of hydrogen-bond acceptors (Lipinski definition) is 7. The van der Waals surface area contributed by atoms with Crippen molar-refractivity contribution in [3.63, 3.8) is 0 Å². The number of aliphatic hydroxyl groups excluding tert-OH is 1. The minimum absolute atomic E-state index is 0.0212. The van der Waals surface area contributed by atoms with Gasteiger partial charge in [-0.2, -0.15) is 0 Å². The van der Waals surface area contributed by atoms with Gasteiger partial charge in [0.25, 0.3) is 5.78 Å². The third-order valence-electron chi connectivity index (χ3n) is 6.23. The molecule has 1 amide bonds. The van der Waals surface area contributed by atoms with Crippen LogP contribution in [0.2, 0.25) is 0 Å². The number of Topliss-reactive ketones (excluding diaryl/α,β-unsaturated/α-hetero) is 1. The molecule has 1 aliphatic heterocycles. The number of hydrogen-bond donors (Lipinski definition) is 1. The lowest BCUT2D eigenvalue weighted by Crippen LogP contribution is -2.29. The minimum atomic E-state index is -0.834. The van der Waals surface area contributed by atoms with E-state index in [1.54, 1.807) is 37.4 Å². The van der Waals surface area contributed by atoms with Crippen molar-refractivity contribution in [3.8, 4) is 11.5 Å². The monoisotopic (exact) mass is 514 g/mol. The van der Waals surface area contributed by atoms with Crippen molar-refractivity contribution in [1.29, 1.82) is 0 Å². The summed E-state index contributed by atoms with van der Waals surface area (Å²) in [6.07, 6.45) is 0.875. The fraction of sp³-hybridized carbons (Fsp3) is 0.207. The Labute approximate surface area is 218 Å². The Bertz CT molecular complexity index is 1510. The first kappa shape index (κ1) is 24.5. The molecule has 5 rings (SSSR count). The highest BCUT2D eigenvalue weighted by Gasteiger charge is 2.48. The number of benzene rings is 3. The van der Waals surface area contributed by atoms with Crippen molar-refractivity contribution in [2.75, 3.05) is 18.6 Å². The fourth-order valence-corrected chi connectivity index (χ4v) is 5.32. The summed E-state index contributed by atoms with van der Waals surface area (Å²) in [6, 6.07) is 19.0.